The number of rotatable bonds is 6. The summed E-state index contributed by atoms with van der Waals surface area (Å²) >= 11 is 7.56. The topological polar surface area (TPSA) is 82.5 Å². The molecule has 0 bridgehead atoms. The van der Waals surface area contributed by atoms with Gasteiger partial charge in [-0.15, -0.1) is 0 Å². The molecule has 2 amide bonds. The van der Waals surface area contributed by atoms with Gasteiger partial charge < -0.3 is 19.4 Å². The molecule has 1 aromatic carbocycles. The highest BCUT2D eigenvalue weighted by Crippen LogP contribution is 2.45. The molecule has 184 valence electrons. The number of hydrogen-bond acceptors (Lipinski definition) is 7. The number of carbonyl (C=O) groups excluding carboxylic acids is 3. The molecule has 3 heterocycles. The third-order valence-corrected chi connectivity index (χ3v) is 7.29. The van der Waals surface area contributed by atoms with E-state index in [1.807, 2.05) is 22.4 Å². The fourth-order valence-electron chi connectivity index (χ4n) is 4.34. The highest BCUT2D eigenvalue weighted by atomic mass is 35.5. The normalized spacial score (nSPS) is 19.7. The molecule has 10 heteroatoms. The van der Waals surface area contributed by atoms with Gasteiger partial charge in [0.1, 0.15) is 6.61 Å². The standard InChI is InChI=1S/C25H27ClN4O4S/c1-4-13-34-24(33)22-16(2)27-25-30(23(22)18-5-7-19(26)8-6-18)20(15-35-25)14-21(32)29-11-9-28(10-12-29)17(3)31/h4-8,15,23H,1,9-14H2,2-3H3/t23-/m1/s1. The summed E-state index contributed by atoms with van der Waals surface area (Å²) in [5, 5.41) is 3.20. The Hall–Kier alpha value is -3.04. The van der Waals surface area contributed by atoms with Crippen molar-refractivity contribution in [1.29, 1.82) is 0 Å². The second-order valence-corrected chi connectivity index (χ2v) is 9.67. The number of esters is 1. The molecule has 4 rings (SSSR count). The number of hydrogen-bond donors (Lipinski definition) is 0. The number of piperazine rings is 1. The van der Waals surface area contributed by atoms with Gasteiger partial charge in [-0.25, -0.2) is 9.79 Å². The summed E-state index contributed by atoms with van der Waals surface area (Å²) < 4.78 is 5.40. The lowest BCUT2D eigenvalue weighted by Gasteiger charge is -2.37. The van der Waals surface area contributed by atoms with Crippen molar-refractivity contribution >= 4 is 46.3 Å². The number of amides is 2. The van der Waals surface area contributed by atoms with E-state index in [-0.39, 0.29) is 24.8 Å². The minimum absolute atomic E-state index is 0.0185. The first-order valence-corrected chi connectivity index (χ1v) is 12.6. The van der Waals surface area contributed by atoms with Gasteiger partial charge in [0, 0.05) is 43.8 Å². The van der Waals surface area contributed by atoms with E-state index >= 15 is 0 Å². The van der Waals surface area contributed by atoms with Crippen molar-refractivity contribution in [2.75, 3.05) is 32.8 Å². The molecular weight excluding hydrogens is 488 g/mol. The second-order valence-electron chi connectivity index (χ2n) is 8.40. The highest BCUT2D eigenvalue weighted by molar-refractivity contribution is 8.16. The fraction of sp³-hybridized carbons (Fsp3) is 0.360. The van der Waals surface area contributed by atoms with Crippen molar-refractivity contribution in [2.45, 2.75) is 26.3 Å². The summed E-state index contributed by atoms with van der Waals surface area (Å²) in [6.07, 6.45) is 1.67. The van der Waals surface area contributed by atoms with Crippen LogP contribution in [0.1, 0.15) is 31.9 Å². The van der Waals surface area contributed by atoms with E-state index in [4.69, 9.17) is 16.3 Å². The third kappa shape index (κ3) is 5.31. The van der Waals surface area contributed by atoms with Crippen molar-refractivity contribution in [3.63, 3.8) is 0 Å². The maximum Gasteiger partial charge on any atom is 0.338 e. The molecule has 1 atom stereocenters. The number of benzene rings is 1. The van der Waals surface area contributed by atoms with Crippen LogP contribution in [0.4, 0.5) is 0 Å². The number of allylic oxidation sites excluding steroid dienone is 1. The van der Waals surface area contributed by atoms with Crippen LogP contribution in [0.25, 0.3) is 0 Å². The largest absolute Gasteiger partial charge is 0.458 e. The number of amidine groups is 1. The van der Waals surface area contributed by atoms with Gasteiger partial charge in [0.05, 0.1) is 23.7 Å². The Morgan fingerprint density at radius 3 is 2.46 bits per heavy atom. The zero-order valence-electron chi connectivity index (χ0n) is 19.7. The quantitative estimate of drug-likeness (QED) is 0.425. The van der Waals surface area contributed by atoms with Crippen LogP contribution in [0.15, 0.2) is 64.3 Å². The zero-order valence-corrected chi connectivity index (χ0v) is 21.3. The van der Waals surface area contributed by atoms with Gasteiger partial charge in [0.25, 0.3) is 0 Å². The minimum atomic E-state index is -0.513. The Balaban J connectivity index is 1.61. The summed E-state index contributed by atoms with van der Waals surface area (Å²) in [6, 6.07) is 6.77. The maximum atomic E-state index is 13.2. The highest BCUT2D eigenvalue weighted by Gasteiger charge is 2.41. The number of halogens is 1. The van der Waals surface area contributed by atoms with Crippen LogP contribution in [0.5, 0.6) is 0 Å². The maximum absolute atomic E-state index is 13.2. The molecule has 35 heavy (non-hydrogen) atoms. The molecule has 0 saturated carbocycles. The predicted molar refractivity (Wildman–Crippen MR) is 136 cm³/mol. The molecule has 1 aromatic rings. The van der Waals surface area contributed by atoms with E-state index in [0.717, 1.165) is 11.3 Å². The van der Waals surface area contributed by atoms with Crippen molar-refractivity contribution in [2.24, 2.45) is 4.99 Å². The van der Waals surface area contributed by atoms with Crippen molar-refractivity contribution in [1.82, 2.24) is 14.7 Å². The van der Waals surface area contributed by atoms with E-state index in [0.29, 0.717) is 47.6 Å². The zero-order chi connectivity index (χ0) is 25.1. The van der Waals surface area contributed by atoms with E-state index in [1.54, 1.807) is 35.8 Å². The van der Waals surface area contributed by atoms with Gasteiger partial charge >= 0.3 is 5.97 Å². The summed E-state index contributed by atoms with van der Waals surface area (Å²) in [5.41, 5.74) is 2.57. The molecule has 0 aliphatic carbocycles. The smallest absolute Gasteiger partial charge is 0.338 e. The summed E-state index contributed by atoms with van der Waals surface area (Å²) in [7, 11) is 0. The average Bonchev–Trinajstić information content (AvgIpc) is 3.24. The van der Waals surface area contributed by atoms with Gasteiger partial charge in [-0.3, -0.25) is 9.59 Å². The fourth-order valence-corrected chi connectivity index (χ4v) is 5.43. The van der Waals surface area contributed by atoms with Gasteiger partial charge in [0.2, 0.25) is 11.8 Å². The van der Waals surface area contributed by atoms with Crippen LogP contribution >= 0.6 is 23.4 Å². The first-order chi connectivity index (χ1) is 16.8. The summed E-state index contributed by atoms with van der Waals surface area (Å²) in [6.45, 7) is 9.08. The molecule has 3 aliphatic rings. The third-order valence-electron chi connectivity index (χ3n) is 6.15. The van der Waals surface area contributed by atoms with Gasteiger partial charge in [-0.1, -0.05) is 48.2 Å². The first-order valence-electron chi connectivity index (χ1n) is 11.3. The van der Waals surface area contributed by atoms with E-state index in [1.165, 1.54) is 17.8 Å². The van der Waals surface area contributed by atoms with Crippen LogP contribution in [0.3, 0.4) is 0 Å². The van der Waals surface area contributed by atoms with E-state index in [9.17, 15) is 14.4 Å². The molecule has 0 unspecified atom stereocenters. The van der Waals surface area contributed by atoms with Crippen LogP contribution in [-0.4, -0.2) is 70.4 Å². The average molecular weight is 515 g/mol. The molecule has 8 nitrogen and oxygen atoms in total. The first kappa shape index (κ1) is 25.1. The van der Waals surface area contributed by atoms with Gasteiger partial charge in [-0.2, -0.15) is 0 Å². The molecule has 0 aromatic heterocycles. The number of carbonyl (C=O) groups is 3. The molecule has 3 aliphatic heterocycles. The number of nitrogens with zero attached hydrogens (tertiary/aromatic N) is 4. The van der Waals surface area contributed by atoms with Gasteiger partial charge in [-0.05, 0) is 30.0 Å². The Kier molecular flexibility index (Phi) is 7.66. The predicted octanol–water partition coefficient (Wildman–Crippen LogP) is 3.72. The van der Waals surface area contributed by atoms with Crippen molar-refractivity contribution in [3.8, 4) is 0 Å². The van der Waals surface area contributed by atoms with E-state index in [2.05, 4.69) is 11.6 Å². The molecular formula is C25H27ClN4O4S. The Labute approximate surface area is 213 Å². The molecule has 1 fully saturated rings. The minimum Gasteiger partial charge on any atom is -0.458 e. The van der Waals surface area contributed by atoms with Crippen LogP contribution in [0, 0.1) is 0 Å². The SMILES string of the molecule is C=CCOC(=O)C1=C(C)N=C2SC=C(CC(=O)N3CCN(C(C)=O)CC3)N2[C@@H]1c1ccc(Cl)cc1. The molecule has 0 spiro atoms. The molecule has 0 N–H and O–H groups in total. The van der Waals surface area contributed by atoms with Crippen molar-refractivity contribution < 1.29 is 19.1 Å². The van der Waals surface area contributed by atoms with Gasteiger partial charge in [0.15, 0.2) is 5.17 Å². The number of thioether (sulfide) groups is 1. The van der Waals surface area contributed by atoms with Crippen LogP contribution in [-0.2, 0) is 19.1 Å². The number of ether oxygens (including phenoxy) is 1. The monoisotopic (exact) mass is 514 g/mol. The molecule has 1 saturated heterocycles. The van der Waals surface area contributed by atoms with E-state index < -0.39 is 12.0 Å². The molecule has 0 radical (unpaired) electrons. The van der Waals surface area contributed by atoms with Crippen LogP contribution < -0.4 is 0 Å². The summed E-state index contributed by atoms with van der Waals surface area (Å²) in [5.74, 6) is -0.490. The lowest BCUT2D eigenvalue weighted by Crippen LogP contribution is -2.50. The van der Waals surface area contributed by atoms with Crippen molar-refractivity contribution in [3.05, 3.63) is 69.9 Å². The lowest BCUT2D eigenvalue weighted by molar-refractivity contribution is -0.138. The number of aliphatic imine (C=N–C) groups is 1. The Morgan fingerprint density at radius 2 is 1.83 bits per heavy atom. The Bertz CT molecular complexity index is 1140. The Morgan fingerprint density at radius 1 is 1.17 bits per heavy atom. The number of fused-ring (bicyclic) bond motifs is 1. The summed E-state index contributed by atoms with van der Waals surface area (Å²) in [4.78, 5) is 48.0. The second kappa shape index (κ2) is 10.7. The van der Waals surface area contributed by atoms with Crippen LogP contribution in [0.2, 0.25) is 5.02 Å². The lowest BCUT2D eigenvalue weighted by atomic mass is 9.94.